The van der Waals surface area contributed by atoms with Crippen molar-refractivity contribution in [1.82, 2.24) is 9.80 Å². The average Bonchev–Trinajstić information content (AvgIpc) is 2.98. The maximum absolute atomic E-state index is 13.6. The van der Waals surface area contributed by atoms with E-state index in [0.717, 1.165) is 37.0 Å². The lowest BCUT2D eigenvalue weighted by molar-refractivity contribution is -0.129. The molecule has 1 aromatic carbocycles. The number of methoxy groups -OCH3 is 1. The van der Waals surface area contributed by atoms with Crippen molar-refractivity contribution in [3.63, 3.8) is 0 Å². The van der Waals surface area contributed by atoms with Gasteiger partial charge in [-0.05, 0) is 42.7 Å². The molecule has 0 saturated carbocycles. The third-order valence-electron chi connectivity index (χ3n) is 5.60. The van der Waals surface area contributed by atoms with E-state index in [0.29, 0.717) is 18.7 Å². The molecule has 0 aliphatic carbocycles. The molecule has 3 heterocycles. The Balaban J connectivity index is 1.68. The Hall–Kier alpha value is -2.61. The van der Waals surface area contributed by atoms with Gasteiger partial charge in [0.2, 0.25) is 0 Å². The van der Waals surface area contributed by atoms with Crippen LogP contribution in [0.4, 0.5) is 0 Å². The second-order valence-electron chi connectivity index (χ2n) is 7.45. The Labute approximate surface area is 171 Å². The van der Waals surface area contributed by atoms with E-state index < -0.39 is 10.0 Å². The van der Waals surface area contributed by atoms with Gasteiger partial charge in [0.25, 0.3) is 15.9 Å². The second kappa shape index (κ2) is 8.02. The summed E-state index contributed by atoms with van der Waals surface area (Å²) in [7, 11) is -1.91. The minimum absolute atomic E-state index is 0.0412. The Kier molecular flexibility index (Phi) is 5.45. The highest BCUT2D eigenvalue weighted by molar-refractivity contribution is 7.90. The maximum Gasteiger partial charge on any atom is 0.258 e. The van der Waals surface area contributed by atoms with Gasteiger partial charge in [0.15, 0.2) is 5.84 Å². The molecule has 1 aromatic rings. The molecule has 4 rings (SSSR count). The van der Waals surface area contributed by atoms with Crippen molar-refractivity contribution < 1.29 is 17.9 Å². The maximum atomic E-state index is 13.6. The molecule has 1 amide bonds. The van der Waals surface area contributed by atoms with Gasteiger partial charge in [-0.25, -0.2) is 8.42 Å². The molecule has 0 spiro atoms. The van der Waals surface area contributed by atoms with Gasteiger partial charge in [0, 0.05) is 19.3 Å². The van der Waals surface area contributed by atoms with Crippen LogP contribution in [0.3, 0.4) is 0 Å². The Bertz CT molecular complexity index is 980. The third kappa shape index (κ3) is 4.07. The van der Waals surface area contributed by atoms with Gasteiger partial charge in [0.1, 0.15) is 5.75 Å². The average molecular weight is 416 g/mol. The molecule has 0 N–H and O–H groups in total. The van der Waals surface area contributed by atoms with E-state index in [1.165, 1.54) is 0 Å². The van der Waals surface area contributed by atoms with Crippen molar-refractivity contribution in [1.29, 1.82) is 0 Å². The fraction of sp³-hybridized carbons (Fsp3) is 0.429. The van der Waals surface area contributed by atoms with Crippen molar-refractivity contribution in [2.24, 2.45) is 4.40 Å². The molecule has 0 bridgehead atoms. The van der Waals surface area contributed by atoms with E-state index in [1.54, 1.807) is 30.4 Å². The fourth-order valence-electron chi connectivity index (χ4n) is 4.06. The van der Waals surface area contributed by atoms with Crippen molar-refractivity contribution >= 4 is 21.8 Å². The first kappa shape index (κ1) is 19.7. The SMILES string of the molecule is COc1ccc([C@@H]2CCCCCN2C(=O)C2=CC=CN3CCS(=O)(=O)N=C23)cc1. The number of nitrogens with zero attached hydrogens (tertiary/aromatic N) is 3. The zero-order valence-corrected chi connectivity index (χ0v) is 17.3. The first-order valence-corrected chi connectivity index (χ1v) is 11.5. The number of likely N-dealkylation sites (tertiary alicyclic amines) is 1. The first-order chi connectivity index (χ1) is 14.0. The third-order valence-corrected chi connectivity index (χ3v) is 6.75. The van der Waals surface area contributed by atoms with Gasteiger partial charge in [-0.15, -0.1) is 4.40 Å². The zero-order valence-electron chi connectivity index (χ0n) is 16.5. The Morgan fingerprint density at radius 1 is 1.14 bits per heavy atom. The number of rotatable bonds is 3. The number of ether oxygens (including phenoxy) is 1. The summed E-state index contributed by atoms with van der Waals surface area (Å²) in [5, 5.41) is 0. The molecule has 0 unspecified atom stereocenters. The molecule has 1 saturated heterocycles. The lowest BCUT2D eigenvalue weighted by Crippen LogP contribution is -2.44. The topological polar surface area (TPSA) is 79.3 Å². The summed E-state index contributed by atoms with van der Waals surface area (Å²) in [6.07, 6.45) is 9.13. The van der Waals surface area contributed by atoms with E-state index in [-0.39, 0.29) is 23.5 Å². The molecule has 8 heteroatoms. The molecule has 0 aromatic heterocycles. The number of allylic oxidation sites excluding steroid dienone is 2. The number of fused-ring (bicyclic) bond motifs is 1. The van der Waals surface area contributed by atoms with Crippen LogP contribution in [0.15, 0.2) is 52.6 Å². The zero-order chi connectivity index (χ0) is 20.4. The standard InChI is InChI=1S/C21H25N3O4S/c1-28-17-10-8-16(9-11-17)19-7-3-2-4-13-24(19)21(25)18-6-5-12-23-14-15-29(26,27)22-20(18)23/h5-6,8-12,19H,2-4,7,13-15H2,1H3/t19-/m0/s1. The predicted octanol–water partition coefficient (Wildman–Crippen LogP) is 2.64. The van der Waals surface area contributed by atoms with Crippen LogP contribution in [0.2, 0.25) is 0 Å². The second-order valence-corrected chi connectivity index (χ2v) is 9.21. The minimum atomic E-state index is -3.54. The molecule has 3 aliphatic rings. The van der Waals surface area contributed by atoms with Crippen LogP contribution in [0, 0.1) is 0 Å². The van der Waals surface area contributed by atoms with Crippen molar-refractivity contribution in [2.45, 2.75) is 31.7 Å². The molecular formula is C21H25N3O4S. The van der Waals surface area contributed by atoms with E-state index in [9.17, 15) is 13.2 Å². The van der Waals surface area contributed by atoms with Gasteiger partial charge in [0.05, 0.1) is 24.5 Å². The number of hydrogen-bond acceptors (Lipinski definition) is 5. The van der Waals surface area contributed by atoms with Gasteiger partial charge < -0.3 is 14.5 Å². The number of hydrogen-bond donors (Lipinski definition) is 0. The number of amides is 1. The molecule has 1 fully saturated rings. The van der Waals surface area contributed by atoms with E-state index >= 15 is 0 Å². The number of benzene rings is 1. The van der Waals surface area contributed by atoms with Crippen LogP contribution < -0.4 is 4.74 Å². The Morgan fingerprint density at radius 3 is 2.69 bits per heavy atom. The van der Waals surface area contributed by atoms with Crippen LogP contribution in [-0.4, -0.2) is 55.9 Å². The normalized spacial score (nSPS) is 23.6. The number of carbonyl (C=O) groups excluding carboxylic acids is 1. The van der Waals surface area contributed by atoms with E-state index in [2.05, 4.69) is 4.40 Å². The van der Waals surface area contributed by atoms with Gasteiger partial charge in [-0.1, -0.05) is 25.0 Å². The van der Waals surface area contributed by atoms with Crippen LogP contribution in [0.25, 0.3) is 0 Å². The van der Waals surface area contributed by atoms with Crippen LogP contribution in [0.5, 0.6) is 5.75 Å². The smallest absolute Gasteiger partial charge is 0.258 e. The van der Waals surface area contributed by atoms with E-state index in [1.807, 2.05) is 29.2 Å². The van der Waals surface area contributed by atoms with E-state index in [4.69, 9.17) is 4.74 Å². The highest BCUT2D eigenvalue weighted by Gasteiger charge is 2.35. The molecule has 154 valence electrons. The van der Waals surface area contributed by atoms with Crippen molar-refractivity contribution in [3.8, 4) is 5.75 Å². The van der Waals surface area contributed by atoms with Crippen molar-refractivity contribution in [3.05, 3.63) is 53.8 Å². The lowest BCUT2D eigenvalue weighted by Gasteiger charge is -2.34. The molecule has 1 atom stereocenters. The number of carbonyl (C=O) groups is 1. The summed E-state index contributed by atoms with van der Waals surface area (Å²) in [4.78, 5) is 17.2. The summed E-state index contributed by atoms with van der Waals surface area (Å²) in [5.74, 6) is 0.803. The van der Waals surface area contributed by atoms with Crippen molar-refractivity contribution in [2.75, 3.05) is 26.0 Å². The highest BCUT2D eigenvalue weighted by Crippen LogP contribution is 2.33. The quantitative estimate of drug-likeness (QED) is 0.758. The monoisotopic (exact) mass is 415 g/mol. The molecule has 29 heavy (non-hydrogen) atoms. The number of sulfonamides is 1. The van der Waals surface area contributed by atoms with Crippen LogP contribution in [-0.2, 0) is 14.8 Å². The number of amidine groups is 1. The fourth-order valence-corrected chi connectivity index (χ4v) is 5.05. The molecule has 3 aliphatic heterocycles. The van der Waals surface area contributed by atoms with Gasteiger partial charge >= 0.3 is 0 Å². The van der Waals surface area contributed by atoms with Gasteiger partial charge in [-0.2, -0.15) is 0 Å². The predicted molar refractivity (Wildman–Crippen MR) is 111 cm³/mol. The minimum Gasteiger partial charge on any atom is -0.497 e. The summed E-state index contributed by atoms with van der Waals surface area (Å²) in [6, 6.07) is 7.76. The molecule has 7 nitrogen and oxygen atoms in total. The summed E-state index contributed by atoms with van der Waals surface area (Å²) < 4.78 is 33.3. The lowest BCUT2D eigenvalue weighted by atomic mass is 9.99. The summed E-state index contributed by atoms with van der Waals surface area (Å²) in [5.41, 5.74) is 1.40. The molecule has 0 radical (unpaired) electrons. The van der Waals surface area contributed by atoms with Crippen LogP contribution >= 0.6 is 0 Å². The first-order valence-electron chi connectivity index (χ1n) is 9.91. The molecular weight excluding hydrogens is 390 g/mol. The summed E-state index contributed by atoms with van der Waals surface area (Å²) >= 11 is 0. The largest absolute Gasteiger partial charge is 0.497 e. The van der Waals surface area contributed by atoms with Crippen LogP contribution in [0.1, 0.15) is 37.3 Å². The Morgan fingerprint density at radius 2 is 1.93 bits per heavy atom. The van der Waals surface area contributed by atoms with Gasteiger partial charge in [-0.3, -0.25) is 4.79 Å². The summed E-state index contributed by atoms with van der Waals surface area (Å²) in [6.45, 7) is 0.945. The highest BCUT2D eigenvalue weighted by atomic mass is 32.2.